The van der Waals surface area contributed by atoms with Crippen LogP contribution in [0.25, 0.3) is 5.57 Å². The highest BCUT2D eigenvalue weighted by molar-refractivity contribution is 5.96. The van der Waals surface area contributed by atoms with Gasteiger partial charge in [0.05, 0.1) is 11.1 Å². The van der Waals surface area contributed by atoms with Crippen molar-refractivity contribution in [2.24, 2.45) is 0 Å². The van der Waals surface area contributed by atoms with E-state index in [0.29, 0.717) is 51.1 Å². The van der Waals surface area contributed by atoms with E-state index in [2.05, 4.69) is 17.0 Å². The Hall–Kier alpha value is -3.52. The number of carbonyl (C=O) groups is 1. The molecule has 3 aromatic rings. The van der Waals surface area contributed by atoms with Gasteiger partial charge in [-0.1, -0.05) is 36.4 Å². The fourth-order valence-corrected chi connectivity index (χ4v) is 7.51. The first-order chi connectivity index (χ1) is 19.4. The Morgan fingerprint density at radius 3 is 2.29 bits per heavy atom. The zero-order chi connectivity index (χ0) is 29.2. The fraction of sp³-hybridized carbons (Fsp3) is 0.364. The number of nitrogens with zero attached hydrogens (tertiary/aromatic N) is 2. The molecule has 0 atom stereocenters. The summed E-state index contributed by atoms with van der Waals surface area (Å²) in [6.45, 7) is 0.318. The second-order valence-electron chi connectivity index (χ2n) is 11.7. The Morgan fingerprint density at radius 2 is 1.61 bits per heavy atom. The topological polar surface area (TPSA) is 23.6 Å². The van der Waals surface area contributed by atoms with E-state index < -0.39 is 34.5 Å². The molecule has 1 aliphatic heterocycles. The summed E-state index contributed by atoms with van der Waals surface area (Å²) >= 11 is 0. The van der Waals surface area contributed by atoms with Crippen molar-refractivity contribution in [3.05, 3.63) is 112 Å². The molecule has 214 valence electrons. The number of hydrogen-bond acceptors (Lipinski definition) is 2. The molecule has 6 rings (SSSR count). The molecular weight excluding hydrogens is 535 g/mol. The molecule has 0 saturated heterocycles. The van der Waals surface area contributed by atoms with E-state index in [1.807, 2.05) is 32.3 Å². The average molecular weight is 567 g/mol. The Kier molecular flexibility index (Phi) is 6.60. The summed E-state index contributed by atoms with van der Waals surface area (Å²) in [5.74, 6) is -2.01. The lowest BCUT2D eigenvalue weighted by atomic mass is 9.63. The predicted octanol–water partition coefficient (Wildman–Crippen LogP) is 7.61. The zero-order valence-corrected chi connectivity index (χ0v) is 23.0. The van der Waals surface area contributed by atoms with E-state index >= 15 is 0 Å². The van der Waals surface area contributed by atoms with Crippen LogP contribution in [0, 0.1) is 11.6 Å². The van der Waals surface area contributed by atoms with E-state index in [1.54, 1.807) is 17.0 Å². The number of hydrogen-bond donors (Lipinski definition) is 0. The summed E-state index contributed by atoms with van der Waals surface area (Å²) in [7, 11) is 3.93. The number of alkyl halides is 3. The SMILES string of the molecule is CN(C)C1(c2cccc(F)c2)CCC2(CC1)C1=C(CCN2C(=O)c2cc(F)cc(C(F)(F)F)c2)c2ccccc2C1. The predicted molar refractivity (Wildman–Crippen MR) is 147 cm³/mol. The summed E-state index contributed by atoms with van der Waals surface area (Å²) in [6.07, 6.45) is -1.25. The zero-order valence-electron chi connectivity index (χ0n) is 23.0. The van der Waals surface area contributed by atoms with Crippen LogP contribution in [0.1, 0.15) is 64.7 Å². The van der Waals surface area contributed by atoms with Gasteiger partial charge in [0, 0.05) is 17.6 Å². The number of fused-ring (bicyclic) bond motifs is 3. The number of rotatable bonds is 3. The molecule has 41 heavy (non-hydrogen) atoms. The maximum Gasteiger partial charge on any atom is 0.416 e. The van der Waals surface area contributed by atoms with Gasteiger partial charge in [0.2, 0.25) is 0 Å². The molecule has 3 aliphatic rings. The van der Waals surface area contributed by atoms with Gasteiger partial charge in [-0.2, -0.15) is 13.2 Å². The van der Waals surface area contributed by atoms with Crippen molar-refractivity contribution >= 4 is 11.5 Å². The number of benzene rings is 3. The Bertz CT molecular complexity index is 1550. The molecule has 1 heterocycles. The van der Waals surface area contributed by atoms with E-state index in [4.69, 9.17) is 0 Å². The van der Waals surface area contributed by atoms with Crippen molar-refractivity contribution < 1.29 is 26.7 Å². The second-order valence-corrected chi connectivity index (χ2v) is 11.7. The van der Waals surface area contributed by atoms with Crippen molar-refractivity contribution in [1.82, 2.24) is 9.80 Å². The summed E-state index contributed by atoms with van der Waals surface area (Å²) in [4.78, 5) is 17.9. The standard InChI is InChI=1S/C33H31F5N2O/c1-39(2)31(23-7-5-8-25(34)19-23)11-13-32(14-12-31)29-18-21-6-3-4-9-27(21)28(29)10-15-40(32)30(41)22-16-24(33(36,37)38)20-26(35)17-22/h3-9,16-17,19-20H,10-15,18H2,1-2H3. The molecule has 1 amide bonds. The summed E-state index contributed by atoms with van der Waals surface area (Å²) < 4.78 is 69.4. The van der Waals surface area contributed by atoms with Crippen LogP contribution < -0.4 is 0 Å². The molecule has 1 spiro atoms. The Morgan fingerprint density at radius 1 is 0.878 bits per heavy atom. The van der Waals surface area contributed by atoms with Crippen LogP contribution in [-0.4, -0.2) is 41.9 Å². The normalized spacial score (nSPS) is 24.1. The fourth-order valence-electron chi connectivity index (χ4n) is 7.51. The van der Waals surface area contributed by atoms with E-state index in [9.17, 15) is 26.7 Å². The molecule has 1 fully saturated rings. The highest BCUT2D eigenvalue weighted by Crippen LogP contribution is 2.55. The monoisotopic (exact) mass is 566 g/mol. The first-order valence-corrected chi connectivity index (χ1v) is 13.9. The molecule has 3 nitrogen and oxygen atoms in total. The van der Waals surface area contributed by atoms with Crippen molar-refractivity contribution in [2.45, 2.75) is 55.8 Å². The third-order valence-electron chi connectivity index (χ3n) is 9.58. The lowest BCUT2D eigenvalue weighted by Gasteiger charge is -2.56. The van der Waals surface area contributed by atoms with Crippen LogP contribution in [0.15, 0.2) is 72.3 Å². The molecule has 1 saturated carbocycles. The molecule has 0 bridgehead atoms. The van der Waals surface area contributed by atoms with E-state index in [-0.39, 0.29) is 11.4 Å². The minimum absolute atomic E-state index is 0.300. The van der Waals surface area contributed by atoms with Gasteiger partial charge in [-0.05, 0) is 111 Å². The van der Waals surface area contributed by atoms with Gasteiger partial charge >= 0.3 is 6.18 Å². The second kappa shape index (κ2) is 9.79. The summed E-state index contributed by atoms with van der Waals surface area (Å²) in [5, 5.41) is 0. The van der Waals surface area contributed by atoms with Gasteiger partial charge in [-0.15, -0.1) is 0 Å². The van der Waals surface area contributed by atoms with Gasteiger partial charge in [-0.3, -0.25) is 9.69 Å². The van der Waals surface area contributed by atoms with E-state index in [1.165, 1.54) is 17.2 Å². The molecule has 0 N–H and O–H groups in total. The Labute approximate surface area is 236 Å². The smallest absolute Gasteiger partial charge is 0.329 e. The van der Waals surface area contributed by atoms with Crippen LogP contribution in [0.2, 0.25) is 0 Å². The van der Waals surface area contributed by atoms with Gasteiger partial charge in [0.25, 0.3) is 5.91 Å². The largest absolute Gasteiger partial charge is 0.416 e. The van der Waals surface area contributed by atoms with Crippen LogP contribution in [0.3, 0.4) is 0 Å². The highest BCUT2D eigenvalue weighted by Gasteiger charge is 2.54. The van der Waals surface area contributed by atoms with Crippen molar-refractivity contribution in [3.63, 3.8) is 0 Å². The first kappa shape index (κ1) is 27.6. The number of halogens is 5. The molecule has 2 aliphatic carbocycles. The third kappa shape index (κ3) is 4.47. The van der Waals surface area contributed by atoms with Gasteiger partial charge in [0.15, 0.2) is 0 Å². The van der Waals surface area contributed by atoms with Crippen LogP contribution in [0.4, 0.5) is 22.0 Å². The third-order valence-corrected chi connectivity index (χ3v) is 9.58. The maximum absolute atomic E-state index is 14.4. The number of carbonyl (C=O) groups excluding carboxylic acids is 1. The Balaban J connectivity index is 1.44. The van der Waals surface area contributed by atoms with Crippen molar-refractivity contribution in [1.29, 1.82) is 0 Å². The molecule has 0 radical (unpaired) electrons. The molecule has 0 aromatic heterocycles. The minimum atomic E-state index is -4.78. The van der Waals surface area contributed by atoms with Crippen LogP contribution in [-0.2, 0) is 18.1 Å². The first-order valence-electron chi connectivity index (χ1n) is 13.9. The van der Waals surface area contributed by atoms with Crippen molar-refractivity contribution in [3.8, 4) is 0 Å². The lowest BCUT2D eigenvalue weighted by Crippen LogP contribution is -2.60. The average Bonchev–Trinajstić information content (AvgIpc) is 3.32. The van der Waals surface area contributed by atoms with E-state index in [0.717, 1.165) is 28.8 Å². The van der Waals surface area contributed by atoms with Gasteiger partial charge in [0.1, 0.15) is 11.6 Å². The van der Waals surface area contributed by atoms with Crippen LogP contribution in [0.5, 0.6) is 0 Å². The van der Waals surface area contributed by atoms with Gasteiger partial charge in [-0.25, -0.2) is 8.78 Å². The van der Waals surface area contributed by atoms with Crippen molar-refractivity contribution in [2.75, 3.05) is 20.6 Å². The quantitative estimate of drug-likeness (QED) is 0.305. The summed E-state index contributed by atoms with van der Waals surface area (Å²) in [5.41, 5.74) is 2.80. The molecular formula is C33H31F5N2O. The minimum Gasteiger partial charge on any atom is -0.329 e. The highest BCUT2D eigenvalue weighted by atomic mass is 19.4. The van der Waals surface area contributed by atoms with Gasteiger partial charge < -0.3 is 4.90 Å². The van der Waals surface area contributed by atoms with Crippen LogP contribution >= 0.6 is 0 Å². The number of amides is 1. The molecule has 3 aromatic carbocycles. The molecule has 8 heteroatoms. The maximum atomic E-state index is 14.4. The lowest BCUT2D eigenvalue weighted by molar-refractivity contribution is -0.137. The summed E-state index contributed by atoms with van der Waals surface area (Å²) in [6, 6.07) is 16.8. The molecule has 0 unspecified atom stereocenters.